The molecule has 1 fully saturated rings. The van der Waals surface area contributed by atoms with Gasteiger partial charge in [-0.3, -0.25) is 4.79 Å². The molecule has 1 aromatic carbocycles. The van der Waals surface area contributed by atoms with Gasteiger partial charge >= 0.3 is 0 Å². The first-order valence-electron chi connectivity index (χ1n) is 8.90. The highest BCUT2D eigenvalue weighted by Crippen LogP contribution is 2.40. The van der Waals surface area contributed by atoms with Crippen LogP contribution in [0, 0.1) is 0 Å². The van der Waals surface area contributed by atoms with Gasteiger partial charge in [0.25, 0.3) is 0 Å². The molecule has 8 heteroatoms. The first-order valence-corrected chi connectivity index (χ1v) is 9.89. The van der Waals surface area contributed by atoms with Gasteiger partial charge in [-0.05, 0) is 44.4 Å². The van der Waals surface area contributed by atoms with Crippen molar-refractivity contribution in [3.05, 3.63) is 29.6 Å². The van der Waals surface area contributed by atoms with Crippen molar-refractivity contribution in [2.24, 2.45) is 0 Å². The Morgan fingerprint density at radius 2 is 2.15 bits per heavy atom. The lowest BCUT2D eigenvalue weighted by Gasteiger charge is -2.14. The van der Waals surface area contributed by atoms with E-state index in [1.54, 1.807) is 0 Å². The monoisotopic (exact) mass is 374 g/mol. The van der Waals surface area contributed by atoms with E-state index >= 15 is 0 Å². The topological polar surface area (TPSA) is 78.3 Å². The molecule has 1 aliphatic carbocycles. The highest BCUT2D eigenvalue weighted by atomic mass is 32.2. The van der Waals surface area contributed by atoms with Crippen LogP contribution in [0.4, 0.5) is 0 Å². The Morgan fingerprint density at radius 1 is 1.35 bits per heavy atom. The molecule has 4 rings (SSSR count). The Bertz CT molecular complexity index is 819. The average Bonchev–Trinajstić information content (AvgIpc) is 3.23. The molecule has 2 heterocycles. The van der Waals surface area contributed by atoms with Gasteiger partial charge in [0.05, 0.1) is 11.8 Å². The molecule has 0 saturated heterocycles. The van der Waals surface area contributed by atoms with Crippen LogP contribution in [0.15, 0.2) is 23.4 Å². The van der Waals surface area contributed by atoms with E-state index in [-0.39, 0.29) is 18.7 Å². The van der Waals surface area contributed by atoms with Gasteiger partial charge < -0.3 is 19.4 Å². The van der Waals surface area contributed by atoms with Gasteiger partial charge in [-0.15, -0.1) is 10.2 Å². The molecule has 0 spiro atoms. The number of nitrogens with zero attached hydrogens (tertiary/aromatic N) is 3. The lowest BCUT2D eigenvalue weighted by Crippen LogP contribution is -2.28. The summed E-state index contributed by atoms with van der Waals surface area (Å²) in [6, 6.07) is 5.62. The Hall–Kier alpha value is -2.22. The summed E-state index contributed by atoms with van der Waals surface area (Å²) in [5, 5.41) is 12.4. The number of fused-ring (bicyclic) bond motifs is 1. The standard InChI is InChI=1S/C18H22N4O3S/c1-3-22-17(12-4-5-12)20-21-18(22)26-9-16(23)19-11(2)13-6-7-14-15(8-13)25-10-24-14/h6-8,11-12H,3-5,9-10H2,1-2H3,(H,19,23)/t11-/m1/s1. The minimum absolute atomic E-state index is 0.0289. The Labute approximate surface area is 156 Å². The first kappa shape index (κ1) is 17.2. The largest absolute Gasteiger partial charge is 0.454 e. The van der Waals surface area contributed by atoms with Crippen LogP contribution in [0.1, 0.15) is 50.0 Å². The smallest absolute Gasteiger partial charge is 0.231 e. The van der Waals surface area contributed by atoms with Crippen molar-refractivity contribution in [2.75, 3.05) is 12.5 Å². The molecule has 1 amide bonds. The zero-order valence-corrected chi connectivity index (χ0v) is 15.7. The highest BCUT2D eigenvalue weighted by molar-refractivity contribution is 7.99. The van der Waals surface area contributed by atoms with Gasteiger partial charge in [-0.1, -0.05) is 17.8 Å². The number of carbonyl (C=O) groups excluding carboxylic acids is 1. The van der Waals surface area contributed by atoms with Gasteiger partial charge in [0.15, 0.2) is 16.7 Å². The van der Waals surface area contributed by atoms with E-state index in [1.165, 1.54) is 24.6 Å². The minimum atomic E-state index is -0.108. The fourth-order valence-electron chi connectivity index (χ4n) is 3.03. The molecular formula is C18H22N4O3S. The molecule has 7 nitrogen and oxygen atoms in total. The van der Waals surface area contributed by atoms with Gasteiger partial charge in [-0.2, -0.15) is 0 Å². The molecular weight excluding hydrogens is 352 g/mol. The number of rotatable bonds is 7. The predicted octanol–water partition coefficient (Wildman–Crippen LogP) is 2.87. The number of benzene rings is 1. The number of ether oxygens (including phenoxy) is 2. The second-order valence-corrected chi connectivity index (χ2v) is 7.49. The fraction of sp³-hybridized carbons (Fsp3) is 0.500. The number of hydrogen-bond donors (Lipinski definition) is 1. The quantitative estimate of drug-likeness (QED) is 0.751. The van der Waals surface area contributed by atoms with E-state index in [9.17, 15) is 4.79 Å². The molecule has 1 aliphatic heterocycles. The summed E-state index contributed by atoms with van der Waals surface area (Å²) in [7, 11) is 0. The summed E-state index contributed by atoms with van der Waals surface area (Å²) in [5.41, 5.74) is 0.986. The molecule has 138 valence electrons. The second-order valence-electron chi connectivity index (χ2n) is 6.55. The summed E-state index contributed by atoms with van der Waals surface area (Å²) in [4.78, 5) is 12.3. The van der Waals surface area contributed by atoms with E-state index in [0.29, 0.717) is 11.7 Å². The molecule has 1 N–H and O–H groups in total. The van der Waals surface area contributed by atoms with E-state index in [0.717, 1.165) is 34.6 Å². The van der Waals surface area contributed by atoms with Gasteiger partial charge in [0.2, 0.25) is 12.7 Å². The predicted molar refractivity (Wildman–Crippen MR) is 97.5 cm³/mol. The van der Waals surface area contributed by atoms with Crippen LogP contribution in [-0.2, 0) is 11.3 Å². The zero-order valence-electron chi connectivity index (χ0n) is 14.9. The number of nitrogens with one attached hydrogen (secondary N) is 1. The summed E-state index contributed by atoms with van der Waals surface area (Å²) in [6.07, 6.45) is 2.38. The molecule has 0 radical (unpaired) electrons. The number of carbonyl (C=O) groups is 1. The van der Waals surface area contributed by atoms with Crippen molar-refractivity contribution in [2.45, 2.75) is 50.4 Å². The molecule has 1 saturated carbocycles. The van der Waals surface area contributed by atoms with E-state index in [4.69, 9.17) is 9.47 Å². The van der Waals surface area contributed by atoms with Crippen LogP contribution in [0.3, 0.4) is 0 Å². The van der Waals surface area contributed by atoms with Crippen LogP contribution in [0.5, 0.6) is 11.5 Å². The molecule has 2 aliphatic rings. The minimum Gasteiger partial charge on any atom is -0.454 e. The van der Waals surface area contributed by atoms with Crippen LogP contribution in [-0.4, -0.2) is 33.2 Å². The third kappa shape index (κ3) is 3.51. The van der Waals surface area contributed by atoms with Gasteiger partial charge in [0, 0.05) is 12.5 Å². The highest BCUT2D eigenvalue weighted by Gasteiger charge is 2.30. The van der Waals surface area contributed by atoms with Crippen LogP contribution in [0.25, 0.3) is 0 Å². The lowest BCUT2D eigenvalue weighted by molar-refractivity contribution is -0.119. The number of amides is 1. The number of hydrogen-bond acceptors (Lipinski definition) is 6. The van der Waals surface area contributed by atoms with Crippen molar-refractivity contribution >= 4 is 17.7 Å². The molecule has 1 aromatic heterocycles. The normalized spacial score (nSPS) is 16.5. The van der Waals surface area contributed by atoms with Crippen molar-refractivity contribution < 1.29 is 14.3 Å². The summed E-state index contributed by atoms with van der Waals surface area (Å²) in [5.74, 6) is 3.37. The van der Waals surface area contributed by atoms with Crippen molar-refractivity contribution in [3.63, 3.8) is 0 Å². The van der Waals surface area contributed by atoms with Gasteiger partial charge in [-0.25, -0.2) is 0 Å². The molecule has 0 unspecified atom stereocenters. The van der Waals surface area contributed by atoms with E-state index in [2.05, 4.69) is 27.0 Å². The first-order chi connectivity index (χ1) is 12.7. The molecule has 26 heavy (non-hydrogen) atoms. The maximum atomic E-state index is 12.3. The van der Waals surface area contributed by atoms with Crippen LogP contribution in [0.2, 0.25) is 0 Å². The Morgan fingerprint density at radius 3 is 2.92 bits per heavy atom. The van der Waals surface area contributed by atoms with Crippen LogP contribution < -0.4 is 14.8 Å². The summed E-state index contributed by atoms with van der Waals surface area (Å²) < 4.78 is 12.8. The van der Waals surface area contributed by atoms with Gasteiger partial charge in [0.1, 0.15) is 5.82 Å². The molecule has 2 aromatic rings. The van der Waals surface area contributed by atoms with Crippen molar-refractivity contribution in [3.8, 4) is 11.5 Å². The number of aromatic nitrogens is 3. The fourth-order valence-corrected chi connectivity index (χ4v) is 3.85. The van der Waals surface area contributed by atoms with E-state index in [1.807, 2.05) is 25.1 Å². The lowest BCUT2D eigenvalue weighted by atomic mass is 10.1. The summed E-state index contributed by atoms with van der Waals surface area (Å²) in [6.45, 7) is 5.12. The SMILES string of the molecule is CCn1c(SCC(=O)N[C@H](C)c2ccc3c(c2)OCO3)nnc1C1CC1. The Kier molecular flexibility index (Phi) is 4.76. The third-order valence-electron chi connectivity index (χ3n) is 4.61. The maximum Gasteiger partial charge on any atom is 0.231 e. The zero-order chi connectivity index (χ0) is 18.1. The van der Waals surface area contributed by atoms with Crippen molar-refractivity contribution in [1.29, 1.82) is 0 Å². The van der Waals surface area contributed by atoms with E-state index < -0.39 is 0 Å². The summed E-state index contributed by atoms with van der Waals surface area (Å²) >= 11 is 1.44. The van der Waals surface area contributed by atoms with Crippen LogP contribution >= 0.6 is 11.8 Å². The molecule has 1 atom stereocenters. The third-order valence-corrected chi connectivity index (χ3v) is 5.58. The van der Waals surface area contributed by atoms with Crippen molar-refractivity contribution in [1.82, 2.24) is 20.1 Å². The second kappa shape index (κ2) is 7.19. The number of thioether (sulfide) groups is 1. The Balaban J connectivity index is 1.34. The average molecular weight is 374 g/mol. The maximum absolute atomic E-state index is 12.3. The molecule has 0 bridgehead atoms.